The number of carboxylic acid groups (broad SMARTS) is 1. The molecule has 10 heteroatoms. The van der Waals surface area contributed by atoms with Gasteiger partial charge in [0.1, 0.15) is 0 Å². The quantitative estimate of drug-likeness (QED) is 0.343. The summed E-state index contributed by atoms with van der Waals surface area (Å²) in [6.07, 6.45) is -5.52. The Bertz CT molecular complexity index is 495. The molecule has 0 spiro atoms. The zero-order valence-corrected chi connectivity index (χ0v) is 14.8. The van der Waals surface area contributed by atoms with Crippen LogP contribution >= 0.6 is 0 Å². The van der Waals surface area contributed by atoms with E-state index in [9.17, 15) is 20.1 Å². The monoisotopic (exact) mass is 442 g/mol. The molecule has 1 unspecified atom stereocenters. The van der Waals surface area contributed by atoms with Crippen LogP contribution in [0, 0.1) is 6.92 Å². The number of rotatable bonds is 5. The molecule has 1 aromatic carbocycles. The van der Waals surface area contributed by atoms with Gasteiger partial charge in [0.2, 0.25) is 0 Å². The van der Waals surface area contributed by atoms with Crippen molar-refractivity contribution in [3.8, 4) is 0 Å². The minimum Gasteiger partial charge on any atom is -0.412 e. The second-order valence-corrected chi connectivity index (χ2v) is 8.91. The summed E-state index contributed by atoms with van der Waals surface area (Å²) in [4.78, 5) is 10.7. The fourth-order valence-corrected chi connectivity index (χ4v) is 6.49. The van der Waals surface area contributed by atoms with Crippen molar-refractivity contribution in [2.24, 2.45) is 0 Å². The molecule has 23 heavy (non-hydrogen) atoms. The van der Waals surface area contributed by atoms with Gasteiger partial charge in [-0.3, -0.25) is 0 Å². The first kappa shape index (κ1) is 22.2. The van der Waals surface area contributed by atoms with Crippen LogP contribution in [0.1, 0.15) is 5.56 Å². The van der Waals surface area contributed by atoms with Crippen molar-refractivity contribution < 1.29 is 42.2 Å². The van der Waals surface area contributed by atoms with E-state index in [1.54, 1.807) is 0 Å². The number of benzene rings is 1. The Morgan fingerprint density at radius 1 is 1.22 bits per heavy atom. The van der Waals surface area contributed by atoms with E-state index in [4.69, 9.17) is 11.1 Å². The number of hydrogen-bond acceptors (Lipinski definition) is 6. The first-order valence-corrected chi connectivity index (χ1v) is 9.70. The molecule has 1 saturated heterocycles. The third-order valence-corrected chi connectivity index (χ3v) is 7.77. The molecule has 1 fully saturated rings. The third-order valence-electron chi connectivity index (χ3n) is 3.15. The molecule has 0 amide bonds. The van der Waals surface area contributed by atoms with E-state index in [1.807, 2.05) is 31.2 Å². The fraction of sp³-hybridized carbons (Fsp3) is 0.462. The smallest absolute Gasteiger partial charge is 0.412 e. The van der Waals surface area contributed by atoms with Crippen LogP contribution in [0.3, 0.4) is 0 Å². The van der Waals surface area contributed by atoms with Crippen molar-refractivity contribution in [1.82, 2.24) is 0 Å². The number of aryl methyl sites for hydroxylation is 1. The number of carbonyl (C=O) groups is 1. The van der Waals surface area contributed by atoms with Crippen LogP contribution in [-0.4, -0.2) is 89.4 Å². The minimum atomic E-state index is -2.83. The minimum absolute atomic E-state index is 0. The molecule has 0 aromatic heterocycles. The zero-order chi connectivity index (χ0) is 15.6. The van der Waals surface area contributed by atoms with Crippen molar-refractivity contribution in [1.29, 1.82) is 0 Å². The maximum atomic E-state index is 10.7. The van der Waals surface area contributed by atoms with Crippen molar-refractivity contribution in [2.75, 3.05) is 6.61 Å². The van der Waals surface area contributed by atoms with Gasteiger partial charge in [0, 0.05) is 0 Å². The van der Waals surface area contributed by atoms with Crippen LogP contribution in [0.15, 0.2) is 24.3 Å². The first-order valence-electron chi connectivity index (χ1n) is 6.34. The largest absolute Gasteiger partial charge is 0.412 e. The summed E-state index contributed by atoms with van der Waals surface area (Å²) < 4.78 is 12.2. The Balaban J connectivity index is 0.00000242. The Kier molecular flexibility index (Phi) is 9.19. The summed E-state index contributed by atoms with van der Waals surface area (Å²) in [7, 11) is 0. The first-order chi connectivity index (χ1) is 9.93. The van der Waals surface area contributed by atoms with Gasteiger partial charge < -0.3 is 11.0 Å². The van der Waals surface area contributed by atoms with Gasteiger partial charge >= 0.3 is 130 Å². The van der Waals surface area contributed by atoms with Crippen molar-refractivity contribution in [3.05, 3.63) is 29.8 Å². The van der Waals surface area contributed by atoms with Gasteiger partial charge in [-0.1, -0.05) is 0 Å². The normalized spacial score (nSPS) is 23.5. The van der Waals surface area contributed by atoms with Crippen LogP contribution in [-0.2, 0) is 10.8 Å². The van der Waals surface area contributed by atoms with E-state index in [0.29, 0.717) is 0 Å². The summed E-state index contributed by atoms with van der Waals surface area (Å²) in [5.74, 6) is -1.55. The molecule has 0 aliphatic carbocycles. The fourth-order valence-electron chi connectivity index (χ4n) is 1.92. The third kappa shape index (κ3) is 5.10. The van der Waals surface area contributed by atoms with Gasteiger partial charge in [-0.2, -0.15) is 0 Å². The van der Waals surface area contributed by atoms with Gasteiger partial charge in [0.15, 0.2) is 0 Å². The molecule has 4 atom stereocenters. The molecule has 1 aliphatic rings. The molecule has 2 rings (SSSR count). The van der Waals surface area contributed by atoms with Gasteiger partial charge in [-0.15, -0.1) is 0 Å². The number of aliphatic carboxylic acids is 1. The maximum Gasteiger partial charge on any atom is -0.412 e. The Morgan fingerprint density at radius 3 is 2.26 bits per heavy atom. The topological polar surface area (TPSA) is 179 Å². The number of aliphatic hydroxyl groups is 3. The summed E-state index contributed by atoms with van der Waals surface area (Å²) in [5, 5.41) is 37.3. The predicted molar refractivity (Wildman–Crippen MR) is 80.3 cm³/mol. The van der Waals surface area contributed by atoms with Crippen molar-refractivity contribution in [3.63, 3.8) is 0 Å². The Hall–Kier alpha value is -0.772. The van der Waals surface area contributed by atoms with Gasteiger partial charge in [-0.25, -0.2) is 0 Å². The molecule has 1 aromatic rings. The zero-order valence-electron chi connectivity index (χ0n) is 12.3. The van der Waals surface area contributed by atoms with Crippen LogP contribution in [0.5, 0.6) is 0 Å². The molecule has 8 N–H and O–H groups in total. The van der Waals surface area contributed by atoms with Crippen LogP contribution in [0.25, 0.3) is 0 Å². The van der Waals surface area contributed by atoms with Gasteiger partial charge in [0.05, 0.1) is 0 Å². The Morgan fingerprint density at radius 2 is 1.78 bits per heavy atom. The van der Waals surface area contributed by atoms with Crippen molar-refractivity contribution in [2.45, 2.75) is 31.3 Å². The summed E-state index contributed by atoms with van der Waals surface area (Å²) in [6, 6.07) is 7.51. The second kappa shape index (κ2) is 9.51. The number of aliphatic hydroxyl groups excluding tert-OH is 3. The van der Waals surface area contributed by atoms with Crippen LogP contribution in [0.2, 0.25) is 0 Å². The van der Waals surface area contributed by atoms with Crippen molar-refractivity contribution >= 4 is 30.5 Å². The predicted octanol–water partition coefficient (Wildman–Crippen LogP) is -3.38. The molecule has 132 valence electrons. The molecular weight excluding hydrogens is 422 g/mol. The average molecular weight is 443 g/mol. The number of hydrogen-bond donors (Lipinski definition) is 4. The standard InChI is InChI=1S/C7H7.C6H10O7.2H2O.Sb/c1-7-5-3-2-4-6-7;7-1-2(8)3(9)4(10)5(11)6(12)13;;;/h3-6H,1H3;2-5,7,10-11H,1H2,(H,12,13);2*1H2;/q;-2;;;+2/t;2-,3?,4+,5+;;;/m.1.../s1. The van der Waals surface area contributed by atoms with E-state index in [0.717, 1.165) is 9.07 Å². The molecule has 1 aliphatic heterocycles. The molecule has 1 heterocycles. The van der Waals surface area contributed by atoms with E-state index in [-0.39, 0.29) is 11.0 Å². The molecular formula is C13H21O9Sb. The van der Waals surface area contributed by atoms with Gasteiger partial charge in [-0.05, 0) is 0 Å². The van der Waals surface area contributed by atoms with E-state index >= 15 is 0 Å². The SMILES string of the molecule is Cc1cc[c]([Sb]2[O]C([C@H](O)[C@H](O)C(=O)O)[C@@H](CO)[O]2)cc1.O.O. The van der Waals surface area contributed by atoms with E-state index < -0.39 is 58.0 Å². The van der Waals surface area contributed by atoms with Gasteiger partial charge in [0.25, 0.3) is 0 Å². The summed E-state index contributed by atoms with van der Waals surface area (Å²) in [5.41, 5.74) is 1.08. The second-order valence-electron chi connectivity index (χ2n) is 4.76. The molecule has 9 nitrogen and oxygen atoms in total. The molecule has 0 bridgehead atoms. The summed E-state index contributed by atoms with van der Waals surface area (Å²) >= 11 is -2.83. The van der Waals surface area contributed by atoms with Crippen LogP contribution < -0.4 is 3.51 Å². The van der Waals surface area contributed by atoms with E-state index in [1.165, 1.54) is 0 Å². The maximum absolute atomic E-state index is 10.7. The Labute approximate surface area is 140 Å². The molecule has 0 radical (unpaired) electrons. The molecule has 0 saturated carbocycles. The van der Waals surface area contributed by atoms with Crippen LogP contribution in [0.4, 0.5) is 0 Å². The number of carboxylic acids is 1. The van der Waals surface area contributed by atoms with E-state index in [2.05, 4.69) is 0 Å². The average Bonchev–Trinajstić information content (AvgIpc) is 2.90. The summed E-state index contributed by atoms with van der Waals surface area (Å²) in [6.45, 7) is 1.53.